The van der Waals surface area contributed by atoms with Crippen molar-refractivity contribution in [3.8, 4) is 0 Å². The Kier molecular flexibility index (Phi) is 8.82. The minimum atomic E-state index is -3.96. The van der Waals surface area contributed by atoms with Crippen LogP contribution in [0.4, 0.5) is 11.4 Å². The smallest absolute Gasteiger partial charge is 0.242 e. The molecule has 2 saturated carbocycles. The topological polar surface area (TPSA) is 111 Å². The molecule has 2 aromatic rings. The van der Waals surface area contributed by atoms with Gasteiger partial charge >= 0.3 is 0 Å². The number of benzene rings is 2. The van der Waals surface area contributed by atoms with Crippen LogP contribution in [0.5, 0.6) is 0 Å². The van der Waals surface area contributed by atoms with E-state index in [1.54, 1.807) is 6.07 Å². The molecule has 2 aliphatic carbocycles. The third-order valence-corrected chi connectivity index (χ3v) is 10.7. The van der Waals surface area contributed by atoms with E-state index in [9.17, 15) is 16.8 Å². The number of nitrogens with zero attached hydrogens (tertiary/aromatic N) is 2. The van der Waals surface area contributed by atoms with Gasteiger partial charge in [0.2, 0.25) is 20.0 Å². The van der Waals surface area contributed by atoms with Crippen LogP contribution in [-0.4, -0.2) is 68.1 Å². The number of nitrogens with one attached hydrogen (secondary N) is 3. The lowest BCUT2D eigenvalue weighted by Crippen LogP contribution is -2.31. The maximum Gasteiger partial charge on any atom is 0.242 e. The lowest BCUT2D eigenvalue weighted by atomic mass is 10.2. The van der Waals surface area contributed by atoms with Gasteiger partial charge in [0.15, 0.2) is 0 Å². The van der Waals surface area contributed by atoms with E-state index < -0.39 is 20.0 Å². The molecule has 3 aliphatic rings. The van der Waals surface area contributed by atoms with Gasteiger partial charge in [0, 0.05) is 39.8 Å². The Hall–Kier alpha value is -2.18. The maximum atomic E-state index is 13.6. The van der Waals surface area contributed by atoms with Crippen LogP contribution in [0.1, 0.15) is 44.1 Å². The Labute approximate surface area is 233 Å². The van der Waals surface area contributed by atoms with E-state index in [2.05, 4.69) is 19.7 Å². The molecular formula is C28H41N5O4S2. The van der Waals surface area contributed by atoms with Crippen molar-refractivity contribution < 1.29 is 16.8 Å². The van der Waals surface area contributed by atoms with Gasteiger partial charge in [-0.25, -0.2) is 26.3 Å². The van der Waals surface area contributed by atoms with Crippen molar-refractivity contribution in [1.29, 1.82) is 0 Å². The van der Waals surface area contributed by atoms with Gasteiger partial charge < -0.3 is 15.1 Å². The zero-order chi connectivity index (χ0) is 27.5. The van der Waals surface area contributed by atoms with Gasteiger partial charge in [-0.2, -0.15) is 0 Å². The van der Waals surface area contributed by atoms with Crippen molar-refractivity contribution in [1.82, 2.24) is 14.3 Å². The first-order valence-electron chi connectivity index (χ1n) is 14.1. The summed E-state index contributed by atoms with van der Waals surface area (Å²) in [6.07, 6.45) is 6.40. The SMILES string of the molecule is CN(Cc1ccccc1)c1cc(NCCN2CCCC2)c(S(=O)(=O)NCC2CC2)cc1S(=O)(=O)NCC1CC1. The molecule has 0 radical (unpaired) electrons. The Morgan fingerprint density at radius 3 is 2.03 bits per heavy atom. The number of likely N-dealkylation sites (tertiary alicyclic amines) is 1. The van der Waals surface area contributed by atoms with E-state index >= 15 is 0 Å². The summed E-state index contributed by atoms with van der Waals surface area (Å²) >= 11 is 0. The first-order valence-corrected chi connectivity index (χ1v) is 17.1. The van der Waals surface area contributed by atoms with Gasteiger partial charge in [-0.15, -0.1) is 0 Å². The molecule has 0 atom stereocenters. The van der Waals surface area contributed by atoms with Crippen molar-refractivity contribution in [3.63, 3.8) is 0 Å². The van der Waals surface area contributed by atoms with Crippen LogP contribution in [0.2, 0.25) is 0 Å². The molecule has 0 amide bonds. The molecule has 0 spiro atoms. The quantitative estimate of drug-likeness (QED) is 0.299. The van der Waals surface area contributed by atoms with Crippen LogP contribution < -0.4 is 19.7 Å². The van der Waals surface area contributed by atoms with Gasteiger partial charge in [-0.05, 0) is 81.1 Å². The second-order valence-corrected chi connectivity index (χ2v) is 14.7. The van der Waals surface area contributed by atoms with Gasteiger partial charge in [0.25, 0.3) is 0 Å². The molecule has 1 saturated heterocycles. The molecule has 5 rings (SSSR count). The molecule has 39 heavy (non-hydrogen) atoms. The summed E-state index contributed by atoms with van der Waals surface area (Å²) in [5, 5.41) is 3.34. The van der Waals surface area contributed by atoms with E-state index in [0.29, 0.717) is 49.4 Å². The second-order valence-electron chi connectivity index (χ2n) is 11.2. The number of sulfonamides is 2. The van der Waals surface area contributed by atoms with Gasteiger partial charge in [0.1, 0.15) is 9.79 Å². The van der Waals surface area contributed by atoms with Crippen LogP contribution in [0.15, 0.2) is 52.3 Å². The van der Waals surface area contributed by atoms with E-state index in [0.717, 1.165) is 50.9 Å². The standard InChI is InChI=1S/C28H41N5O4S2/c1-32(21-24-7-3-2-4-8-24)26-17-25(29-13-16-33-14-5-6-15-33)27(38(34,35)30-19-22-9-10-22)18-28(26)39(36,37)31-20-23-11-12-23/h2-4,7-8,17-18,22-23,29-31H,5-6,9-16,19-21H2,1H3. The van der Waals surface area contributed by atoms with Gasteiger partial charge in [-0.1, -0.05) is 30.3 Å². The lowest BCUT2D eigenvalue weighted by Gasteiger charge is -2.26. The largest absolute Gasteiger partial charge is 0.383 e. The molecule has 0 unspecified atom stereocenters. The summed E-state index contributed by atoms with van der Waals surface area (Å²) in [5.74, 6) is 0.700. The van der Waals surface area contributed by atoms with Crippen LogP contribution in [0, 0.1) is 11.8 Å². The highest BCUT2D eigenvalue weighted by Crippen LogP contribution is 2.36. The van der Waals surface area contributed by atoms with E-state index in [-0.39, 0.29) is 9.79 Å². The van der Waals surface area contributed by atoms with Crippen molar-refractivity contribution in [2.75, 3.05) is 56.5 Å². The Balaban J connectivity index is 1.51. The molecule has 0 aromatic heterocycles. The van der Waals surface area contributed by atoms with E-state index in [1.807, 2.05) is 42.3 Å². The summed E-state index contributed by atoms with van der Waals surface area (Å²) in [4.78, 5) is 4.20. The van der Waals surface area contributed by atoms with Crippen molar-refractivity contribution in [2.45, 2.75) is 54.9 Å². The van der Waals surface area contributed by atoms with Crippen LogP contribution >= 0.6 is 0 Å². The molecule has 11 heteroatoms. The fraction of sp³-hybridized carbons (Fsp3) is 0.571. The normalized spacial score (nSPS) is 18.4. The highest BCUT2D eigenvalue weighted by molar-refractivity contribution is 7.90. The number of hydrogen-bond donors (Lipinski definition) is 3. The minimum absolute atomic E-state index is 0.0153. The van der Waals surface area contributed by atoms with Crippen LogP contribution in [-0.2, 0) is 26.6 Å². The monoisotopic (exact) mass is 575 g/mol. The summed E-state index contributed by atoms with van der Waals surface area (Å²) in [7, 11) is -6.05. The summed E-state index contributed by atoms with van der Waals surface area (Å²) in [5.41, 5.74) is 1.92. The average Bonchev–Trinajstić information content (AvgIpc) is 3.86. The zero-order valence-corrected chi connectivity index (χ0v) is 24.4. The summed E-state index contributed by atoms with van der Waals surface area (Å²) < 4.78 is 59.8. The molecular weight excluding hydrogens is 534 g/mol. The number of anilines is 2. The molecule has 3 fully saturated rings. The van der Waals surface area contributed by atoms with Gasteiger partial charge in [0.05, 0.1) is 11.4 Å². The number of hydrogen-bond acceptors (Lipinski definition) is 7. The summed E-state index contributed by atoms with van der Waals surface area (Å²) in [6.45, 7) is 4.67. The van der Waals surface area contributed by atoms with Crippen molar-refractivity contribution in [2.24, 2.45) is 11.8 Å². The average molecular weight is 576 g/mol. The number of rotatable bonds is 15. The molecule has 3 N–H and O–H groups in total. The first kappa shape index (κ1) is 28.4. The fourth-order valence-corrected chi connectivity index (χ4v) is 7.73. The maximum absolute atomic E-state index is 13.6. The Morgan fingerprint density at radius 2 is 1.44 bits per heavy atom. The predicted octanol–water partition coefficient (Wildman–Crippen LogP) is 3.21. The van der Waals surface area contributed by atoms with Gasteiger partial charge in [-0.3, -0.25) is 0 Å². The van der Waals surface area contributed by atoms with E-state index in [4.69, 9.17) is 0 Å². The first-order chi connectivity index (χ1) is 18.7. The molecule has 0 bridgehead atoms. The van der Waals surface area contributed by atoms with Crippen molar-refractivity contribution in [3.05, 3.63) is 48.0 Å². The lowest BCUT2D eigenvalue weighted by molar-refractivity contribution is 0.352. The Bertz CT molecular complexity index is 1340. The molecule has 2 aromatic carbocycles. The molecule has 9 nitrogen and oxygen atoms in total. The third-order valence-electron chi connectivity index (χ3n) is 7.77. The molecule has 214 valence electrons. The highest BCUT2D eigenvalue weighted by Gasteiger charge is 2.31. The predicted molar refractivity (Wildman–Crippen MR) is 155 cm³/mol. The molecule has 1 aliphatic heterocycles. The van der Waals surface area contributed by atoms with E-state index in [1.165, 1.54) is 18.9 Å². The van der Waals surface area contributed by atoms with Crippen LogP contribution in [0.3, 0.4) is 0 Å². The second kappa shape index (κ2) is 12.1. The molecule has 1 heterocycles. The minimum Gasteiger partial charge on any atom is -0.383 e. The zero-order valence-electron chi connectivity index (χ0n) is 22.7. The van der Waals surface area contributed by atoms with Crippen molar-refractivity contribution >= 4 is 31.4 Å². The third kappa shape index (κ3) is 7.73. The summed E-state index contributed by atoms with van der Waals surface area (Å²) in [6, 6.07) is 12.9. The van der Waals surface area contributed by atoms with Crippen LogP contribution in [0.25, 0.3) is 0 Å². The highest BCUT2D eigenvalue weighted by atomic mass is 32.2. The Morgan fingerprint density at radius 1 is 0.846 bits per heavy atom. The fourth-order valence-electron chi connectivity index (χ4n) is 4.98.